The lowest BCUT2D eigenvalue weighted by molar-refractivity contribution is -0.122. The van der Waals surface area contributed by atoms with E-state index < -0.39 is 0 Å². The van der Waals surface area contributed by atoms with Gasteiger partial charge in [-0.1, -0.05) is 12.1 Å². The Kier molecular flexibility index (Phi) is 4.07. The summed E-state index contributed by atoms with van der Waals surface area (Å²) in [6.45, 7) is 6.18. The molecule has 2 N–H and O–H groups in total. The smallest absolute Gasteiger partial charge is 0.241 e. The predicted molar refractivity (Wildman–Crippen MR) is 66.5 cm³/mol. The molecule has 0 aliphatic heterocycles. The summed E-state index contributed by atoms with van der Waals surface area (Å²) >= 11 is 0. The van der Waals surface area contributed by atoms with Gasteiger partial charge < -0.3 is 10.6 Å². The van der Waals surface area contributed by atoms with Crippen molar-refractivity contribution in [3.05, 3.63) is 34.4 Å². The minimum Gasteiger partial charge on any atom is -0.358 e. The maximum absolute atomic E-state index is 11.7. The molecule has 1 aromatic carbocycles. The molecule has 0 aromatic heterocycles. The quantitative estimate of drug-likeness (QED) is 0.812. The number of hydrogen-bond donors (Lipinski definition) is 2. The Bertz CT molecular complexity index is 399. The number of carbonyl (C=O) groups excluding carboxylic acids is 1. The van der Waals surface area contributed by atoms with Crippen molar-refractivity contribution in [1.29, 1.82) is 0 Å². The molecule has 16 heavy (non-hydrogen) atoms. The molecule has 3 nitrogen and oxygen atoms in total. The molecule has 1 aromatic rings. The number of carbonyl (C=O) groups is 1. The number of hydrogen-bond acceptors (Lipinski definition) is 2. The van der Waals surface area contributed by atoms with E-state index in [4.69, 9.17) is 0 Å². The lowest BCUT2D eigenvalue weighted by Crippen LogP contribution is -2.34. The van der Waals surface area contributed by atoms with Crippen LogP contribution < -0.4 is 10.6 Å². The highest BCUT2D eigenvalue weighted by atomic mass is 16.2. The van der Waals surface area contributed by atoms with E-state index in [1.165, 1.54) is 11.1 Å². The fourth-order valence-electron chi connectivity index (χ4n) is 1.87. The van der Waals surface area contributed by atoms with Gasteiger partial charge in [-0.05, 0) is 50.1 Å². The van der Waals surface area contributed by atoms with Crippen LogP contribution in [0.2, 0.25) is 0 Å². The minimum atomic E-state index is -0.274. The van der Waals surface area contributed by atoms with Gasteiger partial charge in [-0.25, -0.2) is 0 Å². The lowest BCUT2D eigenvalue weighted by Gasteiger charge is -2.18. The second-order valence-electron chi connectivity index (χ2n) is 4.13. The first-order chi connectivity index (χ1) is 7.51. The molecule has 3 heteroatoms. The van der Waals surface area contributed by atoms with Gasteiger partial charge in [-0.15, -0.1) is 0 Å². The largest absolute Gasteiger partial charge is 0.358 e. The van der Waals surface area contributed by atoms with Crippen LogP contribution >= 0.6 is 0 Å². The minimum absolute atomic E-state index is 0.00569. The molecule has 0 aliphatic rings. The van der Waals surface area contributed by atoms with Gasteiger partial charge in [-0.2, -0.15) is 0 Å². The van der Waals surface area contributed by atoms with Crippen LogP contribution in [0.3, 0.4) is 0 Å². The zero-order valence-electron chi connectivity index (χ0n) is 10.6. The number of amides is 1. The Balaban J connectivity index is 3.20. The molecule has 0 aliphatic carbocycles. The Morgan fingerprint density at radius 3 is 2.12 bits per heavy atom. The number of rotatable bonds is 3. The Hall–Kier alpha value is -1.35. The van der Waals surface area contributed by atoms with E-state index in [0.29, 0.717) is 0 Å². The molecule has 0 saturated carbocycles. The zero-order valence-corrected chi connectivity index (χ0v) is 10.6. The highest BCUT2D eigenvalue weighted by Crippen LogP contribution is 2.21. The van der Waals surface area contributed by atoms with Crippen molar-refractivity contribution < 1.29 is 4.79 Å². The van der Waals surface area contributed by atoms with Crippen molar-refractivity contribution in [3.8, 4) is 0 Å². The van der Waals surface area contributed by atoms with Gasteiger partial charge in [0.2, 0.25) is 5.91 Å². The molecule has 0 bridgehead atoms. The van der Waals surface area contributed by atoms with Crippen LogP contribution in [-0.2, 0) is 4.79 Å². The molecule has 0 heterocycles. The Labute approximate surface area is 97.2 Å². The molecule has 1 amide bonds. The summed E-state index contributed by atoms with van der Waals surface area (Å²) in [5.41, 5.74) is 4.66. The summed E-state index contributed by atoms with van der Waals surface area (Å²) < 4.78 is 0. The average molecular weight is 220 g/mol. The number of likely N-dealkylation sites (N-methyl/N-ethyl adjacent to an activating group) is 2. The Morgan fingerprint density at radius 1 is 1.06 bits per heavy atom. The van der Waals surface area contributed by atoms with Crippen LogP contribution in [0.15, 0.2) is 12.1 Å². The van der Waals surface area contributed by atoms with Gasteiger partial charge in [0, 0.05) is 7.05 Å². The van der Waals surface area contributed by atoms with E-state index in [1.54, 1.807) is 14.1 Å². The molecular weight excluding hydrogens is 200 g/mol. The first-order valence-electron chi connectivity index (χ1n) is 5.47. The van der Waals surface area contributed by atoms with Gasteiger partial charge in [-0.3, -0.25) is 4.79 Å². The van der Waals surface area contributed by atoms with Gasteiger partial charge in [0.1, 0.15) is 6.04 Å². The first-order valence-corrected chi connectivity index (χ1v) is 5.47. The van der Waals surface area contributed by atoms with Crippen molar-refractivity contribution in [2.45, 2.75) is 26.8 Å². The summed E-state index contributed by atoms with van der Waals surface area (Å²) in [6, 6.07) is 3.93. The third kappa shape index (κ3) is 2.42. The third-order valence-electron chi connectivity index (χ3n) is 2.99. The summed E-state index contributed by atoms with van der Waals surface area (Å²) in [5, 5.41) is 5.72. The van der Waals surface area contributed by atoms with Gasteiger partial charge in [0.15, 0.2) is 0 Å². The van der Waals surface area contributed by atoms with Crippen molar-refractivity contribution in [3.63, 3.8) is 0 Å². The summed E-state index contributed by atoms with van der Waals surface area (Å²) in [6.07, 6.45) is 0. The number of nitrogens with one attached hydrogen (secondary N) is 2. The average Bonchev–Trinajstić information content (AvgIpc) is 2.26. The van der Waals surface area contributed by atoms with Crippen molar-refractivity contribution in [2.75, 3.05) is 14.1 Å². The molecule has 1 atom stereocenters. The van der Waals surface area contributed by atoms with Crippen molar-refractivity contribution in [2.24, 2.45) is 0 Å². The van der Waals surface area contributed by atoms with Gasteiger partial charge in [0.05, 0.1) is 0 Å². The van der Waals surface area contributed by atoms with E-state index >= 15 is 0 Å². The highest BCUT2D eigenvalue weighted by molar-refractivity contribution is 5.83. The van der Waals surface area contributed by atoms with Crippen LogP contribution in [-0.4, -0.2) is 20.0 Å². The molecule has 0 saturated heterocycles. The molecule has 0 fully saturated rings. The predicted octanol–water partition coefficient (Wildman–Crippen LogP) is 1.62. The summed E-state index contributed by atoms with van der Waals surface area (Å²) in [4.78, 5) is 11.7. The maximum atomic E-state index is 11.7. The highest BCUT2D eigenvalue weighted by Gasteiger charge is 2.19. The SMILES string of the molecule is CNC(=O)C(NC)c1cc(C)c(C)cc1C. The third-order valence-corrected chi connectivity index (χ3v) is 2.99. The van der Waals surface area contributed by atoms with Gasteiger partial charge in [0.25, 0.3) is 0 Å². The molecule has 88 valence electrons. The number of benzene rings is 1. The van der Waals surface area contributed by atoms with Crippen LogP contribution in [0.25, 0.3) is 0 Å². The summed E-state index contributed by atoms with van der Waals surface area (Å²) in [5.74, 6) is -0.00569. The fraction of sp³-hybridized carbons (Fsp3) is 0.462. The molecule has 1 unspecified atom stereocenters. The molecule has 1 rings (SSSR count). The van der Waals surface area contributed by atoms with Crippen LogP contribution in [0.4, 0.5) is 0 Å². The maximum Gasteiger partial charge on any atom is 0.241 e. The second-order valence-corrected chi connectivity index (χ2v) is 4.13. The normalized spacial score (nSPS) is 12.3. The Morgan fingerprint density at radius 2 is 1.62 bits per heavy atom. The van der Waals surface area contributed by atoms with Crippen LogP contribution in [0, 0.1) is 20.8 Å². The standard InChI is InChI=1S/C13H20N2O/c1-8-6-10(3)11(7-9(8)2)12(14-4)13(16)15-5/h6-7,12,14H,1-5H3,(H,15,16). The van der Waals surface area contributed by atoms with Crippen molar-refractivity contribution in [1.82, 2.24) is 10.6 Å². The molecule has 0 radical (unpaired) electrons. The van der Waals surface area contributed by atoms with E-state index in [-0.39, 0.29) is 11.9 Å². The molecule has 0 spiro atoms. The van der Waals surface area contributed by atoms with Crippen LogP contribution in [0.5, 0.6) is 0 Å². The van der Waals surface area contributed by atoms with E-state index in [2.05, 4.69) is 36.6 Å². The molecular formula is C13H20N2O. The van der Waals surface area contributed by atoms with Crippen LogP contribution in [0.1, 0.15) is 28.3 Å². The lowest BCUT2D eigenvalue weighted by atomic mass is 9.95. The zero-order chi connectivity index (χ0) is 12.3. The fourth-order valence-corrected chi connectivity index (χ4v) is 1.87. The topological polar surface area (TPSA) is 41.1 Å². The van der Waals surface area contributed by atoms with E-state index in [9.17, 15) is 4.79 Å². The second kappa shape index (κ2) is 5.12. The first kappa shape index (κ1) is 12.7. The van der Waals surface area contributed by atoms with Crippen molar-refractivity contribution >= 4 is 5.91 Å². The van der Waals surface area contributed by atoms with Gasteiger partial charge >= 0.3 is 0 Å². The van der Waals surface area contributed by atoms with E-state index in [1.807, 2.05) is 6.92 Å². The monoisotopic (exact) mass is 220 g/mol. The number of aryl methyl sites for hydroxylation is 3. The van der Waals surface area contributed by atoms with E-state index in [0.717, 1.165) is 11.1 Å². The summed E-state index contributed by atoms with van der Waals surface area (Å²) in [7, 11) is 3.46.